The maximum atomic E-state index is 12.8. The number of nitrogens with two attached hydrogens (primary N) is 1. The van der Waals surface area contributed by atoms with E-state index in [-0.39, 0.29) is 45.4 Å². The van der Waals surface area contributed by atoms with Crippen LogP contribution in [0.2, 0.25) is 0 Å². The molecule has 5 N–H and O–H groups in total. The molecule has 3 aromatic rings. The molecule has 2 heterocycles. The first-order chi connectivity index (χ1) is 14.4. The van der Waals surface area contributed by atoms with Gasteiger partial charge in [0.25, 0.3) is 0 Å². The molecule has 10 nitrogen and oxygen atoms in total. The number of benzene rings is 2. The number of para-hydroxylation sites is 1. The number of hydrogen-bond donors (Lipinski definition) is 4. The Balaban J connectivity index is 2.07. The van der Waals surface area contributed by atoms with Crippen LogP contribution < -0.4 is 26.1 Å². The van der Waals surface area contributed by atoms with E-state index in [1.807, 2.05) is 6.07 Å². The van der Waals surface area contributed by atoms with Crippen molar-refractivity contribution < 1.29 is 29.4 Å². The number of phenolic OH excluding ortho intramolecular Hbond substituents is 1. The number of methoxy groups -OCH3 is 1. The Bertz CT molecular complexity index is 1300. The van der Waals surface area contributed by atoms with Crippen molar-refractivity contribution in [2.24, 2.45) is 5.73 Å². The first-order valence-corrected chi connectivity index (χ1v) is 8.64. The topological polar surface area (TPSA) is 166 Å². The summed E-state index contributed by atoms with van der Waals surface area (Å²) >= 11 is 0. The lowest BCUT2D eigenvalue weighted by Crippen LogP contribution is -2.99. The van der Waals surface area contributed by atoms with E-state index in [0.29, 0.717) is 5.39 Å². The van der Waals surface area contributed by atoms with Gasteiger partial charge in [0, 0.05) is 6.07 Å². The lowest BCUT2D eigenvalue weighted by Gasteiger charge is -2.27. The van der Waals surface area contributed by atoms with Gasteiger partial charge < -0.3 is 29.9 Å². The highest BCUT2D eigenvalue weighted by Gasteiger charge is 2.36. The fraction of sp³-hybridized carbons (Fsp3) is 0.100. The van der Waals surface area contributed by atoms with Crippen LogP contribution in [0, 0.1) is 16.5 Å². The number of phenols is 1. The summed E-state index contributed by atoms with van der Waals surface area (Å²) in [6.07, 6.45) is 0. The molecule has 2 unspecified atom stereocenters. The number of hydrogen-bond acceptors (Lipinski definition) is 9. The standard InChI is InChI=1S/C20H15N3O7/c1-28-18-12(23(26)27)6-9(7-13(18)24)15-11(8-21)19(22)30-17-10-4-2-3-5-14(10)29-20(25)16(15)17/h2-7,15,23-24,26H,22H2,1H3. The van der Waals surface area contributed by atoms with Gasteiger partial charge in [0.05, 0.1) is 24.0 Å². The van der Waals surface area contributed by atoms with Crippen LogP contribution in [-0.2, 0) is 0 Å². The third-order valence-electron chi connectivity index (χ3n) is 4.83. The van der Waals surface area contributed by atoms with Gasteiger partial charge in [-0.15, -0.1) is 0 Å². The summed E-state index contributed by atoms with van der Waals surface area (Å²) in [6, 6.07) is 11.0. The van der Waals surface area contributed by atoms with E-state index >= 15 is 0 Å². The van der Waals surface area contributed by atoms with Gasteiger partial charge in [0.15, 0.2) is 11.5 Å². The van der Waals surface area contributed by atoms with Crippen molar-refractivity contribution >= 4 is 16.7 Å². The Morgan fingerprint density at radius 1 is 1.33 bits per heavy atom. The van der Waals surface area contributed by atoms with Crippen LogP contribution in [0.3, 0.4) is 0 Å². The van der Waals surface area contributed by atoms with E-state index < -0.39 is 22.5 Å². The highest BCUT2D eigenvalue weighted by Crippen LogP contribution is 2.46. The molecule has 0 bridgehead atoms. The number of nitrogens with one attached hydrogen (secondary N) is 1. The number of nitriles is 1. The average molecular weight is 409 g/mol. The normalized spacial score (nSPS) is 16.5. The summed E-state index contributed by atoms with van der Waals surface area (Å²) < 4.78 is 16.0. The molecular formula is C20H15N3O7. The van der Waals surface area contributed by atoms with Gasteiger partial charge in [-0.1, -0.05) is 12.1 Å². The molecule has 4 rings (SSSR count). The van der Waals surface area contributed by atoms with Gasteiger partial charge >= 0.3 is 5.63 Å². The Morgan fingerprint density at radius 3 is 2.73 bits per heavy atom. The minimum absolute atomic E-state index is 0.0274. The molecule has 0 aliphatic carbocycles. The number of quaternary nitrogens is 1. The number of rotatable bonds is 3. The lowest BCUT2D eigenvalue weighted by atomic mass is 9.83. The summed E-state index contributed by atoms with van der Waals surface area (Å²) in [4.78, 5) is 12.8. The van der Waals surface area contributed by atoms with Crippen molar-refractivity contribution in [3.63, 3.8) is 0 Å². The Morgan fingerprint density at radius 2 is 2.07 bits per heavy atom. The fourth-order valence-electron chi connectivity index (χ4n) is 3.57. The summed E-state index contributed by atoms with van der Waals surface area (Å²) in [6.45, 7) is 0. The number of aromatic hydroxyl groups is 1. The van der Waals surface area contributed by atoms with Crippen LogP contribution in [-0.4, -0.2) is 17.4 Å². The summed E-state index contributed by atoms with van der Waals surface area (Å²) in [5.41, 5.74) is 5.09. The van der Waals surface area contributed by atoms with E-state index in [4.69, 9.17) is 19.6 Å². The van der Waals surface area contributed by atoms with Gasteiger partial charge in [0.1, 0.15) is 17.2 Å². The van der Waals surface area contributed by atoms with Crippen LogP contribution >= 0.6 is 0 Å². The molecule has 0 spiro atoms. The van der Waals surface area contributed by atoms with E-state index in [1.165, 1.54) is 19.2 Å². The molecular weight excluding hydrogens is 394 g/mol. The molecule has 0 amide bonds. The van der Waals surface area contributed by atoms with Crippen LogP contribution in [0.4, 0.5) is 5.69 Å². The summed E-state index contributed by atoms with van der Waals surface area (Å²) in [5.74, 6) is -1.97. The molecule has 1 aliphatic rings. The third-order valence-corrected chi connectivity index (χ3v) is 4.83. The number of ether oxygens (including phenoxy) is 2. The van der Waals surface area contributed by atoms with Gasteiger partial charge in [-0.2, -0.15) is 10.5 Å². The zero-order chi connectivity index (χ0) is 21.6. The SMILES string of the molecule is COc1c(O)cc(C2C(C#N)=C(N)Oc3c2c(=O)oc2ccccc32)cc1[NH+]([O-])O. The molecule has 1 aliphatic heterocycles. The average Bonchev–Trinajstić information content (AvgIpc) is 2.72. The molecule has 0 saturated heterocycles. The first kappa shape index (κ1) is 19.3. The smallest absolute Gasteiger partial charge is 0.344 e. The Labute approximate surface area is 168 Å². The van der Waals surface area contributed by atoms with Gasteiger partial charge in [-0.25, -0.2) is 10.0 Å². The molecule has 0 saturated carbocycles. The maximum absolute atomic E-state index is 12.8. The van der Waals surface area contributed by atoms with Crippen molar-refractivity contribution in [2.45, 2.75) is 5.92 Å². The Hall–Kier alpha value is -4.04. The number of allylic oxidation sites excluding steroid dienone is 1. The van der Waals surface area contributed by atoms with Crippen molar-refractivity contribution in [1.82, 2.24) is 0 Å². The molecule has 0 fully saturated rings. The Kier molecular flexibility index (Phi) is 4.56. The highest BCUT2D eigenvalue weighted by molar-refractivity contribution is 5.86. The van der Waals surface area contributed by atoms with E-state index in [9.17, 15) is 25.6 Å². The second kappa shape index (κ2) is 7.09. The van der Waals surface area contributed by atoms with E-state index in [1.54, 1.807) is 24.3 Å². The first-order valence-electron chi connectivity index (χ1n) is 8.64. The fourth-order valence-corrected chi connectivity index (χ4v) is 3.57. The molecule has 0 radical (unpaired) electrons. The predicted octanol–water partition coefficient (Wildman–Crippen LogP) is 1.13. The summed E-state index contributed by atoms with van der Waals surface area (Å²) in [5, 5.41) is 40.3. The quantitative estimate of drug-likeness (QED) is 0.366. The third kappa shape index (κ3) is 2.82. The lowest BCUT2D eigenvalue weighted by molar-refractivity contribution is -0.991. The monoisotopic (exact) mass is 409 g/mol. The molecule has 10 heteroatoms. The highest BCUT2D eigenvalue weighted by atomic mass is 16.8. The molecule has 152 valence electrons. The minimum atomic E-state index is -1.36. The summed E-state index contributed by atoms with van der Waals surface area (Å²) in [7, 11) is 1.21. The van der Waals surface area contributed by atoms with Crippen molar-refractivity contribution in [3.8, 4) is 23.3 Å². The van der Waals surface area contributed by atoms with Crippen molar-refractivity contribution in [1.29, 1.82) is 5.26 Å². The zero-order valence-corrected chi connectivity index (χ0v) is 15.5. The predicted molar refractivity (Wildman–Crippen MR) is 102 cm³/mol. The van der Waals surface area contributed by atoms with E-state index in [0.717, 1.165) is 0 Å². The molecule has 30 heavy (non-hydrogen) atoms. The largest absolute Gasteiger partial charge is 0.595 e. The minimum Gasteiger partial charge on any atom is -0.595 e. The van der Waals surface area contributed by atoms with Crippen molar-refractivity contribution in [3.05, 3.63) is 74.6 Å². The van der Waals surface area contributed by atoms with Gasteiger partial charge in [-0.3, -0.25) is 0 Å². The zero-order valence-electron chi connectivity index (χ0n) is 15.5. The van der Waals surface area contributed by atoms with Crippen LogP contribution in [0.5, 0.6) is 17.2 Å². The molecule has 1 aromatic heterocycles. The second-order valence-electron chi connectivity index (χ2n) is 6.48. The maximum Gasteiger partial charge on any atom is 0.344 e. The number of fused-ring (bicyclic) bond motifs is 3. The van der Waals surface area contributed by atoms with Gasteiger partial charge in [-0.05, 0) is 23.8 Å². The van der Waals surface area contributed by atoms with Crippen LogP contribution in [0.15, 0.2) is 57.1 Å². The number of nitrogens with zero attached hydrogens (tertiary/aromatic N) is 1. The van der Waals surface area contributed by atoms with Gasteiger partial charge in [0.2, 0.25) is 17.3 Å². The van der Waals surface area contributed by atoms with E-state index in [2.05, 4.69) is 0 Å². The second-order valence-corrected chi connectivity index (χ2v) is 6.48. The van der Waals surface area contributed by atoms with Crippen LogP contribution in [0.25, 0.3) is 11.0 Å². The molecule has 2 aromatic carbocycles. The van der Waals surface area contributed by atoms with Crippen molar-refractivity contribution in [2.75, 3.05) is 7.11 Å². The van der Waals surface area contributed by atoms with Crippen LogP contribution in [0.1, 0.15) is 17.0 Å². The molecule has 2 atom stereocenters.